The Labute approximate surface area is 93.1 Å². The molecule has 86 valence electrons. The van der Waals surface area contributed by atoms with Crippen molar-refractivity contribution in [2.24, 2.45) is 5.92 Å². The van der Waals surface area contributed by atoms with Gasteiger partial charge in [-0.1, -0.05) is 26.7 Å². The number of hydrogen-bond acceptors (Lipinski definition) is 2. The minimum atomic E-state index is 0.448. The van der Waals surface area contributed by atoms with Crippen LogP contribution >= 0.6 is 0 Å². The zero-order valence-electron chi connectivity index (χ0n) is 10.1. The molecule has 1 unspecified atom stereocenters. The van der Waals surface area contributed by atoms with Gasteiger partial charge in [-0.25, -0.2) is 0 Å². The van der Waals surface area contributed by atoms with Gasteiger partial charge >= 0.3 is 0 Å². The molecule has 2 heteroatoms. The van der Waals surface area contributed by atoms with E-state index in [4.69, 9.17) is 4.42 Å². The minimum absolute atomic E-state index is 0.448. The van der Waals surface area contributed by atoms with E-state index in [1.54, 1.807) is 6.26 Å². The molecule has 1 heterocycles. The zero-order valence-corrected chi connectivity index (χ0v) is 10.1. The molecule has 0 bridgehead atoms. The highest BCUT2D eigenvalue weighted by Crippen LogP contribution is 2.29. The van der Waals surface area contributed by atoms with Gasteiger partial charge < -0.3 is 9.73 Å². The van der Waals surface area contributed by atoms with Crippen molar-refractivity contribution in [1.29, 1.82) is 0 Å². The Bertz CT molecular complexity index is 237. The second kappa shape index (κ2) is 6.67. The number of nitrogens with one attached hydrogen (secondary N) is 1. The molecule has 0 spiro atoms. The smallest absolute Gasteiger partial charge is 0.0950 e. The van der Waals surface area contributed by atoms with Gasteiger partial charge in [0, 0.05) is 11.6 Å². The molecule has 2 nitrogen and oxygen atoms in total. The lowest BCUT2D eigenvalue weighted by Gasteiger charge is -2.25. The molecule has 1 aromatic rings. The summed E-state index contributed by atoms with van der Waals surface area (Å²) in [6.07, 6.45) is 8.69. The van der Waals surface area contributed by atoms with Crippen LogP contribution in [0.5, 0.6) is 0 Å². The van der Waals surface area contributed by atoms with Gasteiger partial charge in [0.2, 0.25) is 0 Å². The van der Waals surface area contributed by atoms with Crippen LogP contribution in [0.3, 0.4) is 0 Å². The third-order valence-corrected chi connectivity index (χ3v) is 3.00. The van der Waals surface area contributed by atoms with Crippen molar-refractivity contribution in [2.45, 2.75) is 45.6 Å². The van der Waals surface area contributed by atoms with Crippen LogP contribution in [0.2, 0.25) is 0 Å². The fourth-order valence-electron chi connectivity index (χ4n) is 2.35. The SMILES string of the molecule is CCCC(CCC)C(NC)c1ccoc1. The number of hydrogen-bond donors (Lipinski definition) is 1. The largest absolute Gasteiger partial charge is 0.472 e. The molecule has 0 amide bonds. The maximum Gasteiger partial charge on any atom is 0.0950 e. The van der Waals surface area contributed by atoms with E-state index in [-0.39, 0.29) is 0 Å². The molecule has 1 rings (SSSR count). The first-order chi connectivity index (χ1) is 7.33. The number of rotatable bonds is 7. The minimum Gasteiger partial charge on any atom is -0.472 e. The summed E-state index contributed by atoms with van der Waals surface area (Å²) in [6, 6.07) is 2.52. The summed E-state index contributed by atoms with van der Waals surface area (Å²) < 4.78 is 5.16. The Balaban J connectivity index is 2.69. The summed E-state index contributed by atoms with van der Waals surface area (Å²) in [5, 5.41) is 3.41. The van der Waals surface area contributed by atoms with Gasteiger partial charge in [-0.2, -0.15) is 0 Å². The summed E-state index contributed by atoms with van der Waals surface area (Å²) in [5.41, 5.74) is 1.28. The second-order valence-corrected chi connectivity index (χ2v) is 4.16. The Morgan fingerprint density at radius 2 is 1.93 bits per heavy atom. The summed E-state index contributed by atoms with van der Waals surface area (Å²) in [4.78, 5) is 0. The van der Waals surface area contributed by atoms with Crippen molar-refractivity contribution < 1.29 is 4.42 Å². The van der Waals surface area contributed by atoms with E-state index in [0.29, 0.717) is 6.04 Å². The van der Waals surface area contributed by atoms with Crippen LogP contribution in [0.15, 0.2) is 23.0 Å². The van der Waals surface area contributed by atoms with Crippen molar-refractivity contribution in [2.75, 3.05) is 7.05 Å². The topological polar surface area (TPSA) is 25.2 Å². The van der Waals surface area contributed by atoms with E-state index in [0.717, 1.165) is 5.92 Å². The lowest BCUT2D eigenvalue weighted by Crippen LogP contribution is -2.24. The van der Waals surface area contributed by atoms with Crippen LogP contribution in [0.1, 0.15) is 51.1 Å². The maximum atomic E-state index is 5.16. The molecule has 1 atom stereocenters. The fourth-order valence-corrected chi connectivity index (χ4v) is 2.35. The van der Waals surface area contributed by atoms with Gasteiger partial charge in [0.25, 0.3) is 0 Å². The zero-order chi connectivity index (χ0) is 11.1. The molecule has 0 aromatic carbocycles. The van der Waals surface area contributed by atoms with Gasteiger partial charge in [0.15, 0.2) is 0 Å². The molecule has 0 saturated carbocycles. The van der Waals surface area contributed by atoms with Crippen molar-refractivity contribution in [3.63, 3.8) is 0 Å². The van der Waals surface area contributed by atoms with Crippen LogP contribution in [-0.4, -0.2) is 7.05 Å². The quantitative estimate of drug-likeness (QED) is 0.739. The predicted octanol–water partition coefficient (Wildman–Crippen LogP) is 3.76. The molecular formula is C13H23NO. The van der Waals surface area contributed by atoms with Crippen LogP contribution in [0.4, 0.5) is 0 Å². The maximum absolute atomic E-state index is 5.16. The standard InChI is InChI=1S/C13H23NO/c1-4-6-11(7-5-2)13(14-3)12-8-9-15-10-12/h8-11,13-14H,4-7H2,1-3H3. The molecule has 0 aliphatic heterocycles. The van der Waals surface area contributed by atoms with Gasteiger partial charge in [-0.3, -0.25) is 0 Å². The van der Waals surface area contributed by atoms with Crippen LogP contribution in [-0.2, 0) is 0 Å². The average Bonchev–Trinajstić information content (AvgIpc) is 2.73. The van der Waals surface area contributed by atoms with E-state index in [2.05, 4.69) is 25.2 Å². The van der Waals surface area contributed by atoms with Crippen molar-refractivity contribution in [3.05, 3.63) is 24.2 Å². The lowest BCUT2D eigenvalue weighted by molar-refractivity contribution is 0.329. The van der Waals surface area contributed by atoms with Crippen LogP contribution in [0.25, 0.3) is 0 Å². The molecule has 0 fully saturated rings. The van der Waals surface area contributed by atoms with Crippen molar-refractivity contribution in [3.8, 4) is 0 Å². The highest BCUT2D eigenvalue weighted by atomic mass is 16.3. The molecule has 15 heavy (non-hydrogen) atoms. The number of furan rings is 1. The first kappa shape index (κ1) is 12.3. The highest BCUT2D eigenvalue weighted by molar-refractivity contribution is 5.12. The van der Waals surface area contributed by atoms with Gasteiger partial charge in [-0.05, 0) is 31.9 Å². The molecule has 0 aliphatic rings. The molecule has 0 aliphatic carbocycles. The first-order valence-electron chi connectivity index (χ1n) is 6.02. The second-order valence-electron chi connectivity index (χ2n) is 4.16. The highest BCUT2D eigenvalue weighted by Gasteiger charge is 2.20. The van der Waals surface area contributed by atoms with Crippen LogP contribution in [0, 0.1) is 5.92 Å². The monoisotopic (exact) mass is 209 g/mol. The van der Waals surface area contributed by atoms with Gasteiger partial charge in [0.05, 0.1) is 12.5 Å². The molecule has 0 radical (unpaired) electrons. The molecule has 1 aromatic heterocycles. The van der Waals surface area contributed by atoms with Crippen LogP contribution < -0.4 is 5.32 Å². The summed E-state index contributed by atoms with van der Waals surface area (Å²) >= 11 is 0. The molecule has 0 saturated heterocycles. The lowest BCUT2D eigenvalue weighted by atomic mass is 9.87. The Morgan fingerprint density at radius 3 is 2.33 bits per heavy atom. The van der Waals surface area contributed by atoms with Gasteiger partial charge in [-0.15, -0.1) is 0 Å². The van der Waals surface area contributed by atoms with Gasteiger partial charge in [0.1, 0.15) is 0 Å². The summed E-state index contributed by atoms with van der Waals surface area (Å²) in [7, 11) is 2.04. The first-order valence-corrected chi connectivity index (χ1v) is 6.02. The van der Waals surface area contributed by atoms with Crippen molar-refractivity contribution >= 4 is 0 Å². The Kier molecular flexibility index (Phi) is 5.48. The predicted molar refractivity (Wildman–Crippen MR) is 63.8 cm³/mol. The Morgan fingerprint density at radius 1 is 1.27 bits per heavy atom. The summed E-state index contributed by atoms with van der Waals surface area (Å²) in [5.74, 6) is 0.725. The normalized spacial score (nSPS) is 13.3. The average molecular weight is 209 g/mol. The van der Waals surface area contributed by atoms with Crippen molar-refractivity contribution in [1.82, 2.24) is 5.32 Å². The Hall–Kier alpha value is -0.760. The fraction of sp³-hybridized carbons (Fsp3) is 0.692. The van der Waals surface area contributed by atoms with E-state index < -0.39 is 0 Å². The van der Waals surface area contributed by atoms with E-state index >= 15 is 0 Å². The third-order valence-electron chi connectivity index (χ3n) is 3.00. The molecule has 1 N–H and O–H groups in total. The van der Waals surface area contributed by atoms with E-state index in [9.17, 15) is 0 Å². The third kappa shape index (κ3) is 3.38. The van der Waals surface area contributed by atoms with E-state index in [1.807, 2.05) is 13.3 Å². The summed E-state index contributed by atoms with van der Waals surface area (Å²) in [6.45, 7) is 4.51. The molecular weight excluding hydrogens is 186 g/mol. The van der Waals surface area contributed by atoms with E-state index in [1.165, 1.54) is 31.2 Å².